The Kier molecular flexibility index (Phi) is 7.45. The molecule has 4 rings (SSSR count). The molecule has 1 aliphatic heterocycles. The van der Waals surface area contributed by atoms with Crippen LogP contribution in [0.2, 0.25) is 0 Å². The van der Waals surface area contributed by atoms with E-state index in [4.69, 9.17) is 9.47 Å². The highest BCUT2D eigenvalue weighted by molar-refractivity contribution is 6.46. The summed E-state index contributed by atoms with van der Waals surface area (Å²) in [7, 11) is 0. The Hall–Kier alpha value is -4.13. The lowest BCUT2D eigenvalue weighted by Crippen LogP contribution is -2.29. The molecule has 3 aromatic rings. The first-order chi connectivity index (χ1) is 17.0. The summed E-state index contributed by atoms with van der Waals surface area (Å²) in [4.78, 5) is 32.0. The third-order valence-corrected chi connectivity index (χ3v) is 5.72. The van der Waals surface area contributed by atoms with Gasteiger partial charge in [-0.3, -0.25) is 14.6 Å². The number of ketones is 1. The molecule has 1 fully saturated rings. The molecular weight excluding hydrogens is 444 g/mol. The van der Waals surface area contributed by atoms with Crippen LogP contribution in [0.5, 0.6) is 11.5 Å². The van der Waals surface area contributed by atoms with Crippen LogP contribution in [0.15, 0.2) is 78.6 Å². The first kappa shape index (κ1) is 24.0. The molecule has 1 N–H and O–H groups in total. The summed E-state index contributed by atoms with van der Waals surface area (Å²) in [6.07, 6.45) is 4.19. The summed E-state index contributed by atoms with van der Waals surface area (Å²) in [6, 6.07) is 16.9. The van der Waals surface area contributed by atoms with Crippen molar-refractivity contribution in [3.8, 4) is 11.5 Å². The van der Waals surface area contributed by atoms with Gasteiger partial charge in [0.25, 0.3) is 11.7 Å². The van der Waals surface area contributed by atoms with E-state index >= 15 is 0 Å². The van der Waals surface area contributed by atoms with E-state index in [9.17, 15) is 14.7 Å². The number of nitrogens with zero attached hydrogens (tertiary/aromatic N) is 2. The summed E-state index contributed by atoms with van der Waals surface area (Å²) < 4.78 is 11.2. The van der Waals surface area contributed by atoms with Gasteiger partial charge in [-0.05, 0) is 66.9 Å². The van der Waals surface area contributed by atoms with Crippen LogP contribution in [0.1, 0.15) is 43.0 Å². The predicted molar refractivity (Wildman–Crippen MR) is 132 cm³/mol. The van der Waals surface area contributed by atoms with Crippen molar-refractivity contribution in [3.63, 3.8) is 0 Å². The summed E-state index contributed by atoms with van der Waals surface area (Å²) >= 11 is 0. The number of aliphatic hydroxyl groups is 1. The molecule has 35 heavy (non-hydrogen) atoms. The Morgan fingerprint density at radius 1 is 0.971 bits per heavy atom. The van der Waals surface area contributed by atoms with Gasteiger partial charge in [0.15, 0.2) is 0 Å². The van der Waals surface area contributed by atoms with E-state index in [2.05, 4.69) is 4.98 Å². The number of hydrogen-bond acceptors (Lipinski definition) is 6. The molecule has 0 bridgehead atoms. The molecular formula is C28H28N2O5. The molecule has 1 saturated heterocycles. The van der Waals surface area contributed by atoms with E-state index in [1.54, 1.807) is 42.7 Å². The lowest BCUT2D eigenvalue weighted by Gasteiger charge is -2.25. The summed E-state index contributed by atoms with van der Waals surface area (Å²) in [6.45, 7) is 5.20. The Balaban J connectivity index is 1.77. The van der Waals surface area contributed by atoms with Crippen molar-refractivity contribution >= 4 is 17.4 Å². The Morgan fingerprint density at radius 3 is 2.29 bits per heavy atom. The maximum absolute atomic E-state index is 13.2. The summed E-state index contributed by atoms with van der Waals surface area (Å²) in [5.74, 6) is -0.266. The lowest BCUT2D eigenvalue weighted by atomic mass is 9.95. The normalized spacial score (nSPS) is 17.0. The number of carbonyl (C=O) groups excluding carboxylic acids is 2. The monoisotopic (exact) mass is 472 g/mol. The second-order valence-electron chi connectivity index (χ2n) is 8.16. The smallest absolute Gasteiger partial charge is 0.295 e. The van der Waals surface area contributed by atoms with E-state index in [0.29, 0.717) is 35.8 Å². The van der Waals surface area contributed by atoms with Crippen molar-refractivity contribution in [3.05, 3.63) is 95.3 Å². The number of aliphatic hydroxyl groups excluding tert-OH is 1. The zero-order valence-corrected chi connectivity index (χ0v) is 19.8. The van der Waals surface area contributed by atoms with Crippen LogP contribution in [-0.2, 0) is 16.1 Å². The lowest BCUT2D eigenvalue weighted by molar-refractivity contribution is -0.140. The van der Waals surface area contributed by atoms with Gasteiger partial charge < -0.3 is 19.5 Å². The van der Waals surface area contributed by atoms with Gasteiger partial charge in [0.1, 0.15) is 17.3 Å². The number of Topliss-reactive ketones (excluding diaryl/α,β-unsaturated/α-hetero) is 1. The first-order valence-electron chi connectivity index (χ1n) is 11.7. The third kappa shape index (κ3) is 5.19. The quantitative estimate of drug-likeness (QED) is 0.271. The minimum absolute atomic E-state index is 0.0466. The fraction of sp³-hybridized carbons (Fsp3) is 0.250. The molecule has 1 aromatic heterocycles. The molecule has 180 valence electrons. The zero-order chi connectivity index (χ0) is 24.8. The average Bonchev–Trinajstić information content (AvgIpc) is 3.13. The van der Waals surface area contributed by atoms with Gasteiger partial charge in [0, 0.05) is 24.5 Å². The molecule has 0 spiro atoms. The molecule has 1 amide bonds. The van der Waals surface area contributed by atoms with Crippen molar-refractivity contribution in [2.45, 2.75) is 32.9 Å². The van der Waals surface area contributed by atoms with Crippen molar-refractivity contribution < 1.29 is 24.2 Å². The fourth-order valence-electron chi connectivity index (χ4n) is 4.08. The molecule has 2 aromatic carbocycles. The van der Waals surface area contributed by atoms with Gasteiger partial charge in [-0.1, -0.05) is 25.1 Å². The highest BCUT2D eigenvalue weighted by atomic mass is 16.5. The molecule has 7 nitrogen and oxygen atoms in total. The van der Waals surface area contributed by atoms with Gasteiger partial charge in [-0.25, -0.2) is 0 Å². The minimum atomic E-state index is -0.762. The van der Waals surface area contributed by atoms with Crippen LogP contribution >= 0.6 is 0 Å². The van der Waals surface area contributed by atoms with E-state index in [0.717, 1.165) is 12.0 Å². The summed E-state index contributed by atoms with van der Waals surface area (Å²) in [5, 5.41) is 11.2. The standard InChI is InChI=1S/C28H28N2O5/c1-3-16-35-23-11-7-20(8-12-23)25-24(26(31)21-9-13-22(14-10-21)34-4-2)27(32)28(33)30(25)18-19-6-5-15-29-17-19/h5-15,17,25,31H,3-4,16,18H2,1-2H3/b26-24+/t25-/m1/s1. The molecule has 0 unspecified atom stereocenters. The molecule has 1 atom stereocenters. The fourth-order valence-corrected chi connectivity index (χ4v) is 4.08. The number of amides is 1. The van der Waals surface area contributed by atoms with Gasteiger partial charge in [0.2, 0.25) is 0 Å². The number of ether oxygens (including phenoxy) is 2. The van der Waals surface area contributed by atoms with Crippen LogP contribution in [0.3, 0.4) is 0 Å². The molecule has 0 saturated carbocycles. The number of rotatable bonds is 9. The van der Waals surface area contributed by atoms with Crippen molar-refractivity contribution in [1.29, 1.82) is 0 Å². The van der Waals surface area contributed by atoms with Crippen LogP contribution < -0.4 is 9.47 Å². The molecule has 0 radical (unpaired) electrons. The third-order valence-electron chi connectivity index (χ3n) is 5.72. The van der Waals surface area contributed by atoms with Crippen molar-refractivity contribution in [2.75, 3.05) is 13.2 Å². The predicted octanol–water partition coefficient (Wildman–Crippen LogP) is 4.89. The van der Waals surface area contributed by atoms with E-state index in [-0.39, 0.29) is 17.9 Å². The number of aromatic nitrogens is 1. The maximum atomic E-state index is 13.2. The number of pyridine rings is 1. The summed E-state index contributed by atoms with van der Waals surface area (Å²) in [5.41, 5.74) is 1.96. The van der Waals surface area contributed by atoms with E-state index in [1.807, 2.05) is 44.2 Å². The number of hydrogen-bond donors (Lipinski definition) is 1. The van der Waals surface area contributed by atoms with Crippen LogP contribution in [0, 0.1) is 0 Å². The number of likely N-dealkylation sites (tertiary alicyclic amines) is 1. The largest absolute Gasteiger partial charge is 0.507 e. The van der Waals surface area contributed by atoms with Crippen LogP contribution in [-0.4, -0.2) is 39.9 Å². The van der Waals surface area contributed by atoms with Gasteiger partial charge in [-0.15, -0.1) is 0 Å². The molecule has 7 heteroatoms. The van der Waals surface area contributed by atoms with Gasteiger partial charge in [-0.2, -0.15) is 0 Å². The van der Waals surface area contributed by atoms with Gasteiger partial charge >= 0.3 is 0 Å². The van der Waals surface area contributed by atoms with Gasteiger partial charge in [0.05, 0.1) is 24.8 Å². The second kappa shape index (κ2) is 10.9. The highest BCUT2D eigenvalue weighted by Crippen LogP contribution is 2.40. The minimum Gasteiger partial charge on any atom is -0.507 e. The van der Waals surface area contributed by atoms with E-state index in [1.165, 1.54) is 4.90 Å². The molecule has 2 heterocycles. The maximum Gasteiger partial charge on any atom is 0.295 e. The molecule has 1 aliphatic rings. The van der Waals surface area contributed by atoms with Crippen LogP contribution in [0.25, 0.3) is 5.76 Å². The SMILES string of the molecule is CCCOc1ccc([C@@H]2/C(=C(\O)c3ccc(OCC)cc3)C(=O)C(=O)N2Cc2cccnc2)cc1. The topological polar surface area (TPSA) is 89.0 Å². The Bertz CT molecular complexity index is 1200. The zero-order valence-electron chi connectivity index (χ0n) is 19.8. The highest BCUT2D eigenvalue weighted by Gasteiger charge is 2.46. The van der Waals surface area contributed by atoms with Crippen LogP contribution in [0.4, 0.5) is 0 Å². The number of carbonyl (C=O) groups is 2. The molecule has 0 aliphatic carbocycles. The van der Waals surface area contributed by atoms with Crippen molar-refractivity contribution in [2.24, 2.45) is 0 Å². The Morgan fingerprint density at radius 2 is 1.66 bits per heavy atom. The van der Waals surface area contributed by atoms with E-state index < -0.39 is 17.7 Å². The average molecular weight is 473 g/mol. The Labute approximate surface area is 204 Å². The number of benzene rings is 2. The second-order valence-corrected chi connectivity index (χ2v) is 8.16. The first-order valence-corrected chi connectivity index (χ1v) is 11.7. The van der Waals surface area contributed by atoms with Crippen molar-refractivity contribution in [1.82, 2.24) is 9.88 Å².